The number of ether oxygens (including phenoxy) is 2. The second-order valence-electron chi connectivity index (χ2n) is 6.78. The molecular weight excluding hydrogens is 370 g/mol. The zero-order valence-electron chi connectivity index (χ0n) is 16.5. The zero-order valence-corrected chi connectivity index (χ0v) is 16.5. The number of hydrogen-bond acceptors (Lipinski definition) is 3. The molecule has 0 radical (unpaired) electrons. The van der Waals surface area contributed by atoms with Gasteiger partial charge in [0.25, 0.3) is 0 Å². The first-order valence-corrected chi connectivity index (χ1v) is 9.73. The lowest BCUT2D eigenvalue weighted by molar-refractivity contribution is 0.268. The number of benzene rings is 3. The molecule has 0 aliphatic rings. The Kier molecular flexibility index (Phi) is 6.08. The number of pyridine rings is 1. The van der Waals surface area contributed by atoms with Crippen molar-refractivity contribution in [3.05, 3.63) is 114 Å². The van der Waals surface area contributed by atoms with Gasteiger partial charge in [-0.2, -0.15) is 4.98 Å². The summed E-state index contributed by atoms with van der Waals surface area (Å²) in [4.78, 5) is 4.64. The molecular formula is C27H21NO2. The van der Waals surface area contributed by atoms with Gasteiger partial charge >= 0.3 is 0 Å². The normalized spacial score (nSPS) is 10.2. The molecule has 0 saturated carbocycles. The van der Waals surface area contributed by atoms with Crippen LogP contribution in [-0.4, -0.2) is 4.98 Å². The van der Waals surface area contributed by atoms with Crippen LogP contribution in [0.2, 0.25) is 0 Å². The van der Waals surface area contributed by atoms with E-state index in [9.17, 15) is 0 Å². The maximum atomic E-state index is 6.10. The van der Waals surface area contributed by atoms with Gasteiger partial charge in [0, 0.05) is 17.2 Å². The van der Waals surface area contributed by atoms with Gasteiger partial charge in [0.1, 0.15) is 13.2 Å². The monoisotopic (exact) mass is 391 g/mol. The van der Waals surface area contributed by atoms with Gasteiger partial charge in [0.2, 0.25) is 11.8 Å². The summed E-state index contributed by atoms with van der Waals surface area (Å²) in [5.74, 6) is 3.70. The Morgan fingerprint density at radius 1 is 0.700 bits per heavy atom. The Bertz CT molecular complexity index is 1150. The summed E-state index contributed by atoms with van der Waals surface area (Å²) in [5.41, 5.74) is 4.78. The van der Waals surface area contributed by atoms with E-state index in [1.807, 2.05) is 97.1 Å². The van der Waals surface area contributed by atoms with Crippen LogP contribution in [0.25, 0.3) is 11.1 Å². The Morgan fingerprint density at radius 3 is 2.03 bits per heavy atom. The Morgan fingerprint density at radius 2 is 1.37 bits per heavy atom. The number of nitrogens with zero attached hydrogens (tertiary/aromatic N) is 1. The molecule has 0 fully saturated rings. The molecule has 0 N–H and O–H groups in total. The fraction of sp³-hybridized carbons (Fsp3) is 0.0741. The second-order valence-corrected chi connectivity index (χ2v) is 6.78. The molecule has 1 heterocycles. The third-order valence-corrected chi connectivity index (χ3v) is 4.62. The third kappa shape index (κ3) is 4.87. The lowest BCUT2D eigenvalue weighted by Gasteiger charge is -2.13. The molecule has 1 aromatic heterocycles. The minimum Gasteiger partial charge on any atom is -0.473 e. The largest absolute Gasteiger partial charge is 0.473 e. The van der Waals surface area contributed by atoms with Crippen molar-refractivity contribution < 1.29 is 9.47 Å². The van der Waals surface area contributed by atoms with Gasteiger partial charge in [0.15, 0.2) is 0 Å². The van der Waals surface area contributed by atoms with Crippen molar-refractivity contribution in [2.45, 2.75) is 13.2 Å². The SMILES string of the molecule is C#Cc1cccc(-c2ccc(OCc3ccccc3)nc2OCc2ccccc2)c1. The number of hydrogen-bond donors (Lipinski definition) is 0. The van der Waals surface area contributed by atoms with Crippen molar-refractivity contribution in [3.8, 4) is 35.2 Å². The minimum absolute atomic E-state index is 0.414. The van der Waals surface area contributed by atoms with Crippen molar-refractivity contribution in [3.63, 3.8) is 0 Å². The molecule has 0 unspecified atom stereocenters. The van der Waals surface area contributed by atoms with Crippen LogP contribution in [0.3, 0.4) is 0 Å². The molecule has 0 saturated heterocycles. The van der Waals surface area contributed by atoms with Crippen LogP contribution in [0.5, 0.6) is 11.8 Å². The van der Waals surface area contributed by atoms with E-state index < -0.39 is 0 Å². The number of aromatic nitrogens is 1. The predicted octanol–water partition coefficient (Wildman–Crippen LogP) is 5.89. The van der Waals surface area contributed by atoms with Gasteiger partial charge < -0.3 is 9.47 Å². The van der Waals surface area contributed by atoms with E-state index in [1.54, 1.807) is 0 Å². The first kappa shape index (κ1) is 19.3. The summed E-state index contributed by atoms with van der Waals surface area (Å²) < 4.78 is 12.0. The van der Waals surface area contributed by atoms with Crippen LogP contribution in [-0.2, 0) is 13.2 Å². The van der Waals surface area contributed by atoms with E-state index in [0.29, 0.717) is 25.0 Å². The van der Waals surface area contributed by atoms with Gasteiger partial charge in [-0.05, 0) is 34.9 Å². The molecule has 0 aliphatic carbocycles. The average Bonchev–Trinajstić information content (AvgIpc) is 2.83. The molecule has 0 spiro atoms. The average molecular weight is 391 g/mol. The smallest absolute Gasteiger partial charge is 0.225 e. The van der Waals surface area contributed by atoms with E-state index in [4.69, 9.17) is 15.9 Å². The van der Waals surface area contributed by atoms with Gasteiger partial charge in [-0.15, -0.1) is 6.42 Å². The van der Waals surface area contributed by atoms with E-state index >= 15 is 0 Å². The van der Waals surface area contributed by atoms with E-state index in [1.165, 1.54) is 0 Å². The quantitative estimate of drug-likeness (QED) is 0.368. The fourth-order valence-electron chi connectivity index (χ4n) is 3.07. The Balaban J connectivity index is 1.61. The molecule has 0 amide bonds. The summed E-state index contributed by atoms with van der Waals surface area (Å²) in [5, 5.41) is 0. The standard InChI is InChI=1S/C27H21NO2/c1-2-21-14-9-15-24(18-21)25-16-17-26(29-19-22-10-5-3-6-11-22)28-27(25)30-20-23-12-7-4-8-13-23/h1,3-18H,19-20H2. The molecule has 0 bridgehead atoms. The predicted molar refractivity (Wildman–Crippen MR) is 119 cm³/mol. The van der Waals surface area contributed by atoms with Gasteiger partial charge in [-0.1, -0.05) is 78.7 Å². The van der Waals surface area contributed by atoms with E-state index in [-0.39, 0.29) is 0 Å². The lowest BCUT2D eigenvalue weighted by Crippen LogP contribution is -2.02. The van der Waals surface area contributed by atoms with Crippen LogP contribution in [0.4, 0.5) is 0 Å². The summed E-state index contributed by atoms with van der Waals surface area (Å²) in [6.07, 6.45) is 5.57. The molecule has 4 aromatic rings. The second kappa shape index (κ2) is 9.45. The molecule has 146 valence electrons. The van der Waals surface area contributed by atoms with Crippen molar-refractivity contribution in [1.82, 2.24) is 4.98 Å². The molecule has 3 nitrogen and oxygen atoms in total. The van der Waals surface area contributed by atoms with E-state index in [0.717, 1.165) is 27.8 Å². The Labute approximate surface area is 177 Å². The summed E-state index contributed by atoms with van der Waals surface area (Å²) >= 11 is 0. The van der Waals surface area contributed by atoms with Crippen LogP contribution in [0, 0.1) is 12.3 Å². The first-order valence-electron chi connectivity index (χ1n) is 9.73. The minimum atomic E-state index is 0.414. The molecule has 0 atom stereocenters. The van der Waals surface area contributed by atoms with Crippen molar-refractivity contribution >= 4 is 0 Å². The highest BCUT2D eigenvalue weighted by Gasteiger charge is 2.12. The van der Waals surface area contributed by atoms with Gasteiger partial charge in [-0.25, -0.2) is 0 Å². The van der Waals surface area contributed by atoms with Crippen molar-refractivity contribution in [2.75, 3.05) is 0 Å². The van der Waals surface area contributed by atoms with Crippen molar-refractivity contribution in [1.29, 1.82) is 0 Å². The maximum Gasteiger partial charge on any atom is 0.225 e. The highest BCUT2D eigenvalue weighted by molar-refractivity contribution is 5.70. The van der Waals surface area contributed by atoms with Crippen LogP contribution >= 0.6 is 0 Å². The van der Waals surface area contributed by atoms with Crippen molar-refractivity contribution in [2.24, 2.45) is 0 Å². The lowest BCUT2D eigenvalue weighted by atomic mass is 10.0. The highest BCUT2D eigenvalue weighted by Crippen LogP contribution is 2.31. The van der Waals surface area contributed by atoms with Crippen LogP contribution in [0.15, 0.2) is 97.1 Å². The molecule has 3 aromatic carbocycles. The topological polar surface area (TPSA) is 31.4 Å². The summed E-state index contributed by atoms with van der Waals surface area (Å²) in [7, 11) is 0. The fourth-order valence-corrected chi connectivity index (χ4v) is 3.07. The number of rotatable bonds is 7. The first-order chi connectivity index (χ1) is 14.8. The number of terminal acetylenes is 1. The third-order valence-electron chi connectivity index (χ3n) is 4.62. The van der Waals surface area contributed by atoms with Gasteiger partial charge in [-0.3, -0.25) is 0 Å². The molecule has 30 heavy (non-hydrogen) atoms. The van der Waals surface area contributed by atoms with Gasteiger partial charge in [0.05, 0.1) is 0 Å². The van der Waals surface area contributed by atoms with Crippen LogP contribution < -0.4 is 9.47 Å². The maximum absolute atomic E-state index is 6.10. The summed E-state index contributed by atoms with van der Waals surface area (Å²) in [6.45, 7) is 0.857. The zero-order chi connectivity index (χ0) is 20.6. The molecule has 4 rings (SSSR count). The summed E-state index contributed by atoms with van der Waals surface area (Å²) in [6, 6.07) is 31.6. The Hall–Kier alpha value is -4.03. The molecule has 0 aliphatic heterocycles. The molecule has 3 heteroatoms. The highest BCUT2D eigenvalue weighted by atomic mass is 16.5. The van der Waals surface area contributed by atoms with E-state index in [2.05, 4.69) is 10.9 Å². The van der Waals surface area contributed by atoms with Crippen LogP contribution in [0.1, 0.15) is 16.7 Å².